The second kappa shape index (κ2) is 17.1. The first-order valence-corrected chi connectivity index (χ1v) is 10.3. The largest absolute Gasteiger partial charge is 0.508 e. The van der Waals surface area contributed by atoms with Crippen molar-refractivity contribution >= 4 is 12.1 Å². The van der Waals surface area contributed by atoms with Crippen molar-refractivity contribution in [3.05, 3.63) is 59.4 Å². The van der Waals surface area contributed by atoms with Crippen LogP contribution in [-0.4, -0.2) is 34.2 Å². The number of phenolic OH excluding ortho intramolecular Hbond substituents is 1. The number of halogens is 1. The van der Waals surface area contributed by atoms with Crippen LogP contribution in [0.1, 0.15) is 44.5 Å². The van der Waals surface area contributed by atoms with Gasteiger partial charge in [-0.2, -0.15) is 3.89 Å². The molecule has 2 N–H and O–H groups in total. The van der Waals surface area contributed by atoms with Crippen LogP contribution in [0.5, 0.6) is 5.75 Å². The number of nitrogens with zero attached hydrogens (tertiary/aromatic N) is 1. The van der Waals surface area contributed by atoms with Crippen LogP contribution < -0.4 is 0 Å². The van der Waals surface area contributed by atoms with Crippen LogP contribution in [0.15, 0.2) is 42.6 Å². The standard InChI is InChI=1S/C18H18FNO3S.2C2H6/c19-24-13-16(10-21)11-23-12-17-6-3-15(9-20-17)2-1-14-4-7-18(22)8-5-14;2*1-2/h3-9,16,21-22H,10-13H2;2*1-2H3. The maximum absolute atomic E-state index is 12.2. The molecule has 2 rings (SSSR count). The van der Waals surface area contributed by atoms with Gasteiger partial charge in [-0.05, 0) is 36.4 Å². The summed E-state index contributed by atoms with van der Waals surface area (Å²) in [5, 5.41) is 18.3. The predicted molar refractivity (Wildman–Crippen MR) is 115 cm³/mol. The number of aliphatic hydroxyl groups excluding tert-OH is 1. The van der Waals surface area contributed by atoms with Crippen LogP contribution in [0, 0.1) is 17.8 Å². The van der Waals surface area contributed by atoms with Crippen molar-refractivity contribution in [2.75, 3.05) is 19.0 Å². The summed E-state index contributed by atoms with van der Waals surface area (Å²) in [5.41, 5.74) is 2.32. The van der Waals surface area contributed by atoms with E-state index in [9.17, 15) is 8.99 Å². The Balaban J connectivity index is 0.00000171. The molecule has 0 saturated heterocycles. The lowest BCUT2D eigenvalue weighted by molar-refractivity contribution is 0.0694. The molecule has 4 nitrogen and oxygen atoms in total. The number of hydrogen-bond donors (Lipinski definition) is 2. The van der Waals surface area contributed by atoms with E-state index in [2.05, 4.69) is 16.8 Å². The van der Waals surface area contributed by atoms with Crippen molar-refractivity contribution in [1.82, 2.24) is 4.98 Å². The lowest BCUT2D eigenvalue weighted by Gasteiger charge is -2.11. The average molecular weight is 408 g/mol. The van der Waals surface area contributed by atoms with Gasteiger partial charge in [-0.3, -0.25) is 4.98 Å². The molecule has 0 amide bonds. The molecule has 154 valence electrons. The smallest absolute Gasteiger partial charge is 0.115 e. The first kappa shape index (κ1) is 25.9. The summed E-state index contributed by atoms with van der Waals surface area (Å²) < 4.78 is 17.6. The number of aromatic hydroxyl groups is 1. The Labute approximate surface area is 172 Å². The minimum atomic E-state index is -0.213. The predicted octanol–water partition coefficient (Wildman–Crippen LogP) is 4.98. The lowest BCUT2D eigenvalue weighted by atomic mass is 10.2. The Kier molecular flexibility index (Phi) is 15.8. The Morgan fingerprint density at radius 3 is 2.18 bits per heavy atom. The zero-order valence-corrected chi connectivity index (χ0v) is 17.8. The molecule has 1 atom stereocenters. The third kappa shape index (κ3) is 10.9. The highest BCUT2D eigenvalue weighted by atomic mass is 32.2. The van der Waals surface area contributed by atoms with Gasteiger partial charge in [0.05, 0.1) is 18.9 Å². The van der Waals surface area contributed by atoms with Gasteiger partial charge >= 0.3 is 0 Å². The highest BCUT2D eigenvalue weighted by Gasteiger charge is 2.08. The van der Waals surface area contributed by atoms with Gasteiger partial charge in [-0.25, -0.2) is 0 Å². The summed E-state index contributed by atoms with van der Waals surface area (Å²) in [6, 6.07) is 10.3. The molecular formula is C22H30FNO3S. The van der Waals surface area contributed by atoms with Crippen molar-refractivity contribution in [2.24, 2.45) is 5.92 Å². The van der Waals surface area contributed by atoms with Crippen LogP contribution in [0.2, 0.25) is 0 Å². The molecule has 0 spiro atoms. The van der Waals surface area contributed by atoms with Crippen LogP contribution >= 0.6 is 12.1 Å². The third-order valence-electron chi connectivity index (χ3n) is 3.20. The number of pyridine rings is 1. The van der Waals surface area contributed by atoms with Gasteiger partial charge in [0.15, 0.2) is 0 Å². The molecule has 1 unspecified atom stereocenters. The zero-order valence-electron chi connectivity index (χ0n) is 17.0. The van der Waals surface area contributed by atoms with E-state index >= 15 is 0 Å². The van der Waals surface area contributed by atoms with Gasteiger partial charge in [0.25, 0.3) is 0 Å². The summed E-state index contributed by atoms with van der Waals surface area (Å²) in [7, 11) is 0. The van der Waals surface area contributed by atoms with E-state index in [1.165, 1.54) is 0 Å². The van der Waals surface area contributed by atoms with Crippen LogP contribution in [0.25, 0.3) is 0 Å². The number of aromatic nitrogens is 1. The van der Waals surface area contributed by atoms with E-state index < -0.39 is 0 Å². The van der Waals surface area contributed by atoms with E-state index in [-0.39, 0.29) is 42.8 Å². The first-order valence-electron chi connectivity index (χ1n) is 9.39. The second-order valence-corrected chi connectivity index (χ2v) is 5.73. The Morgan fingerprint density at radius 1 is 1.04 bits per heavy atom. The maximum atomic E-state index is 12.2. The molecule has 0 bridgehead atoms. The maximum Gasteiger partial charge on any atom is 0.115 e. The summed E-state index contributed by atoms with van der Waals surface area (Å²) in [4.78, 5) is 4.26. The van der Waals surface area contributed by atoms with E-state index in [1.807, 2.05) is 39.8 Å². The van der Waals surface area contributed by atoms with Gasteiger partial charge in [-0.15, -0.1) is 0 Å². The summed E-state index contributed by atoms with van der Waals surface area (Å²) in [6.07, 6.45) is 1.66. The molecule has 28 heavy (non-hydrogen) atoms. The molecule has 0 aliphatic rings. The fourth-order valence-corrected chi connectivity index (χ4v) is 2.23. The Bertz CT molecular complexity index is 682. The molecule has 1 heterocycles. The first-order chi connectivity index (χ1) is 13.7. The fourth-order valence-electron chi connectivity index (χ4n) is 1.85. The van der Waals surface area contributed by atoms with Crippen molar-refractivity contribution in [3.8, 4) is 17.6 Å². The number of benzene rings is 1. The van der Waals surface area contributed by atoms with E-state index in [4.69, 9.17) is 9.84 Å². The third-order valence-corrected chi connectivity index (χ3v) is 3.80. The zero-order chi connectivity index (χ0) is 21.2. The molecular weight excluding hydrogens is 377 g/mol. The Hall–Kier alpha value is -2.07. The van der Waals surface area contributed by atoms with Crippen LogP contribution in [-0.2, 0) is 11.3 Å². The minimum Gasteiger partial charge on any atom is -0.508 e. The lowest BCUT2D eigenvalue weighted by Crippen LogP contribution is -2.16. The summed E-state index contributed by atoms with van der Waals surface area (Å²) >= 11 is 0.202. The van der Waals surface area contributed by atoms with Crippen LogP contribution in [0.3, 0.4) is 0 Å². The minimum absolute atomic E-state index is 0.101. The summed E-state index contributed by atoms with van der Waals surface area (Å²) in [6.45, 7) is 8.49. The molecule has 6 heteroatoms. The molecule has 0 aliphatic carbocycles. The van der Waals surface area contributed by atoms with Crippen molar-refractivity contribution in [1.29, 1.82) is 0 Å². The van der Waals surface area contributed by atoms with Crippen molar-refractivity contribution in [2.45, 2.75) is 34.3 Å². The molecule has 2 aromatic rings. The van der Waals surface area contributed by atoms with E-state index in [1.54, 1.807) is 30.5 Å². The SMILES string of the molecule is CC.CC.OCC(COCc1ccc(C#Cc2ccc(O)cc2)cn1)CSF. The molecule has 1 aromatic carbocycles. The molecule has 0 radical (unpaired) electrons. The number of aliphatic hydroxyl groups is 1. The van der Waals surface area contributed by atoms with Gasteiger partial charge in [0.2, 0.25) is 0 Å². The van der Waals surface area contributed by atoms with Crippen molar-refractivity contribution in [3.63, 3.8) is 0 Å². The second-order valence-electron chi connectivity index (χ2n) is 5.17. The number of ether oxygens (including phenoxy) is 1. The van der Waals surface area contributed by atoms with E-state index in [0.717, 1.165) is 16.8 Å². The summed E-state index contributed by atoms with van der Waals surface area (Å²) in [5.74, 6) is 6.20. The molecule has 1 aromatic heterocycles. The van der Waals surface area contributed by atoms with E-state index in [0.29, 0.717) is 6.61 Å². The quantitative estimate of drug-likeness (QED) is 0.634. The fraction of sp³-hybridized carbons (Fsp3) is 0.409. The average Bonchev–Trinajstić information content (AvgIpc) is 2.76. The molecule has 0 fully saturated rings. The highest BCUT2D eigenvalue weighted by Crippen LogP contribution is 2.11. The van der Waals surface area contributed by atoms with Gasteiger partial charge in [0.1, 0.15) is 5.75 Å². The van der Waals surface area contributed by atoms with Crippen molar-refractivity contribution < 1.29 is 18.8 Å². The Morgan fingerprint density at radius 2 is 1.64 bits per heavy atom. The van der Waals surface area contributed by atoms with Crippen LogP contribution in [0.4, 0.5) is 3.89 Å². The normalized spacial score (nSPS) is 10.4. The van der Waals surface area contributed by atoms with Gasteiger partial charge in [-0.1, -0.05) is 39.5 Å². The number of rotatable bonds is 7. The molecule has 0 saturated carbocycles. The molecule has 0 aliphatic heterocycles. The monoisotopic (exact) mass is 407 g/mol. The van der Waals surface area contributed by atoms with Gasteiger partial charge < -0.3 is 14.9 Å². The topological polar surface area (TPSA) is 62.6 Å². The highest BCUT2D eigenvalue weighted by molar-refractivity contribution is 7.94. The number of phenols is 1. The number of hydrogen-bond acceptors (Lipinski definition) is 5. The van der Waals surface area contributed by atoms with Gasteiger partial charge in [0, 0.05) is 47.7 Å².